The third-order valence-electron chi connectivity index (χ3n) is 1.96. The Morgan fingerprint density at radius 3 is 2.53 bits per heavy atom. The second-order valence-corrected chi connectivity index (χ2v) is 3.16. The molecule has 3 N–H and O–H groups in total. The second kappa shape index (κ2) is 4.60. The van der Waals surface area contributed by atoms with Gasteiger partial charge in [0.2, 0.25) is 0 Å². The van der Waals surface area contributed by atoms with Gasteiger partial charge in [0.1, 0.15) is 17.3 Å². The highest BCUT2D eigenvalue weighted by atomic mass is 19.1. The predicted molar refractivity (Wildman–Crippen MR) is 57.6 cm³/mol. The van der Waals surface area contributed by atoms with Crippen molar-refractivity contribution in [3.05, 3.63) is 42.2 Å². The van der Waals surface area contributed by atoms with Crippen LogP contribution in [0.4, 0.5) is 25.0 Å². The number of nitrogens with zero attached hydrogens (tertiary/aromatic N) is 1. The molecule has 2 aromatic rings. The number of carbonyl (C=O) groups excluding carboxylic acids is 1. The highest BCUT2D eigenvalue weighted by molar-refractivity contribution is 5.99. The number of rotatable bonds is 2. The van der Waals surface area contributed by atoms with Gasteiger partial charge in [0.05, 0.1) is 11.9 Å². The van der Waals surface area contributed by atoms with Crippen LogP contribution in [-0.2, 0) is 0 Å². The number of hydrogen-bond acceptors (Lipinski definition) is 2. The quantitative estimate of drug-likeness (QED) is 0.751. The molecular formula is C10H8F2N4O. The number of nitrogens with one attached hydrogen (secondary N) is 3. The Morgan fingerprint density at radius 2 is 1.94 bits per heavy atom. The Bertz CT molecular complexity index is 507. The molecule has 1 aromatic carbocycles. The molecule has 0 bridgehead atoms. The number of urea groups is 1. The highest BCUT2D eigenvalue weighted by Crippen LogP contribution is 2.18. The summed E-state index contributed by atoms with van der Waals surface area (Å²) < 4.78 is 26.4. The van der Waals surface area contributed by atoms with Crippen LogP contribution >= 0.6 is 0 Å². The number of anilines is 2. The summed E-state index contributed by atoms with van der Waals surface area (Å²) in [6.45, 7) is 0. The van der Waals surface area contributed by atoms with Crippen LogP contribution in [-0.4, -0.2) is 16.2 Å². The van der Waals surface area contributed by atoms with E-state index in [1.165, 1.54) is 18.5 Å². The monoisotopic (exact) mass is 238 g/mol. The minimum absolute atomic E-state index is 0.388. The molecule has 1 aromatic heterocycles. The van der Waals surface area contributed by atoms with Crippen molar-refractivity contribution in [2.24, 2.45) is 0 Å². The highest BCUT2D eigenvalue weighted by Gasteiger charge is 2.11. The molecule has 2 amide bonds. The van der Waals surface area contributed by atoms with E-state index in [4.69, 9.17) is 0 Å². The molecule has 0 saturated carbocycles. The average molecular weight is 238 g/mol. The number of aromatic nitrogens is 2. The first kappa shape index (κ1) is 11.1. The van der Waals surface area contributed by atoms with Crippen LogP contribution in [0.25, 0.3) is 0 Å². The lowest BCUT2D eigenvalue weighted by atomic mass is 10.3. The lowest BCUT2D eigenvalue weighted by molar-refractivity contribution is 0.262. The van der Waals surface area contributed by atoms with Crippen LogP contribution in [0, 0.1) is 11.6 Å². The van der Waals surface area contributed by atoms with Gasteiger partial charge in [-0.25, -0.2) is 13.6 Å². The van der Waals surface area contributed by atoms with Crippen molar-refractivity contribution >= 4 is 17.4 Å². The summed E-state index contributed by atoms with van der Waals surface area (Å²) in [5, 5.41) is 10.5. The summed E-state index contributed by atoms with van der Waals surface area (Å²) in [7, 11) is 0. The third-order valence-corrected chi connectivity index (χ3v) is 1.96. The molecule has 0 aliphatic heterocycles. The summed E-state index contributed by atoms with van der Waals surface area (Å²) >= 11 is 0. The van der Waals surface area contributed by atoms with Gasteiger partial charge in [-0.3, -0.25) is 5.10 Å². The molecule has 0 radical (unpaired) electrons. The molecule has 0 atom stereocenters. The van der Waals surface area contributed by atoms with Crippen molar-refractivity contribution < 1.29 is 13.6 Å². The predicted octanol–water partition coefficient (Wildman–Crippen LogP) is 2.33. The number of para-hydroxylation sites is 1. The summed E-state index contributed by atoms with van der Waals surface area (Å²) in [6.07, 6.45) is 2.79. The molecule has 0 fully saturated rings. The van der Waals surface area contributed by atoms with Crippen molar-refractivity contribution in [3.8, 4) is 0 Å². The van der Waals surface area contributed by atoms with Crippen LogP contribution in [0.5, 0.6) is 0 Å². The van der Waals surface area contributed by atoms with Crippen molar-refractivity contribution in [3.63, 3.8) is 0 Å². The first-order chi connectivity index (χ1) is 8.16. The molecular weight excluding hydrogens is 230 g/mol. The zero-order chi connectivity index (χ0) is 12.3. The van der Waals surface area contributed by atoms with Crippen molar-refractivity contribution in [2.45, 2.75) is 0 Å². The van der Waals surface area contributed by atoms with E-state index in [9.17, 15) is 13.6 Å². The maximum Gasteiger partial charge on any atom is 0.323 e. The van der Waals surface area contributed by atoms with E-state index >= 15 is 0 Å². The molecule has 88 valence electrons. The fourth-order valence-corrected chi connectivity index (χ4v) is 1.21. The van der Waals surface area contributed by atoms with Crippen LogP contribution in [0.2, 0.25) is 0 Å². The van der Waals surface area contributed by atoms with Gasteiger partial charge < -0.3 is 10.6 Å². The first-order valence-corrected chi connectivity index (χ1v) is 4.67. The zero-order valence-corrected chi connectivity index (χ0v) is 8.50. The molecule has 2 rings (SSSR count). The topological polar surface area (TPSA) is 69.8 Å². The van der Waals surface area contributed by atoms with Gasteiger partial charge in [-0.05, 0) is 12.1 Å². The fraction of sp³-hybridized carbons (Fsp3) is 0. The van der Waals surface area contributed by atoms with E-state index in [-0.39, 0.29) is 0 Å². The summed E-state index contributed by atoms with van der Waals surface area (Å²) in [5.41, 5.74) is -0.104. The van der Waals surface area contributed by atoms with Crippen LogP contribution in [0.1, 0.15) is 0 Å². The summed E-state index contributed by atoms with van der Waals surface area (Å²) in [4.78, 5) is 11.4. The molecule has 5 nitrogen and oxygen atoms in total. The third kappa shape index (κ3) is 2.57. The molecule has 1 heterocycles. The standard InChI is InChI=1S/C10H8F2N4O/c11-7-2-1-3-8(12)9(7)16-10(17)15-6-4-13-14-5-6/h1-5H,(H,13,14)(H2,15,16,17). The van der Waals surface area contributed by atoms with Gasteiger partial charge in [0, 0.05) is 6.20 Å². The SMILES string of the molecule is O=C(Nc1cn[nH]c1)Nc1c(F)cccc1F. The second-order valence-electron chi connectivity index (χ2n) is 3.16. The van der Waals surface area contributed by atoms with Gasteiger partial charge >= 0.3 is 6.03 Å². The Labute approximate surface area is 94.8 Å². The number of amides is 2. The molecule has 0 spiro atoms. The maximum atomic E-state index is 13.2. The van der Waals surface area contributed by atoms with Crippen LogP contribution < -0.4 is 10.6 Å². The van der Waals surface area contributed by atoms with E-state index in [1.54, 1.807) is 0 Å². The molecule has 0 aliphatic carbocycles. The maximum absolute atomic E-state index is 13.2. The Morgan fingerprint density at radius 1 is 1.24 bits per heavy atom. The molecule has 0 aliphatic rings. The smallest absolute Gasteiger partial charge is 0.305 e. The Balaban J connectivity index is 2.08. The number of hydrogen-bond donors (Lipinski definition) is 3. The number of H-pyrrole nitrogens is 1. The zero-order valence-electron chi connectivity index (χ0n) is 8.50. The minimum atomic E-state index is -0.840. The normalized spacial score (nSPS) is 10.0. The van der Waals surface area contributed by atoms with E-state index in [0.29, 0.717) is 5.69 Å². The lowest BCUT2D eigenvalue weighted by Gasteiger charge is -2.07. The lowest BCUT2D eigenvalue weighted by Crippen LogP contribution is -2.20. The van der Waals surface area contributed by atoms with Gasteiger partial charge in [-0.1, -0.05) is 6.07 Å². The molecule has 17 heavy (non-hydrogen) atoms. The number of benzene rings is 1. The van der Waals surface area contributed by atoms with Crippen LogP contribution in [0.15, 0.2) is 30.6 Å². The fourth-order valence-electron chi connectivity index (χ4n) is 1.21. The van der Waals surface area contributed by atoms with E-state index in [1.807, 2.05) is 0 Å². The molecule has 0 saturated heterocycles. The minimum Gasteiger partial charge on any atom is -0.305 e. The Kier molecular flexibility index (Phi) is 2.99. The number of aromatic amines is 1. The van der Waals surface area contributed by atoms with Crippen molar-refractivity contribution in [1.29, 1.82) is 0 Å². The largest absolute Gasteiger partial charge is 0.323 e. The Hall–Kier alpha value is -2.44. The average Bonchev–Trinajstić information content (AvgIpc) is 2.76. The van der Waals surface area contributed by atoms with Gasteiger partial charge in [-0.2, -0.15) is 5.10 Å². The molecule has 0 unspecified atom stereocenters. The van der Waals surface area contributed by atoms with Crippen molar-refractivity contribution in [2.75, 3.05) is 10.6 Å². The molecule has 7 heteroatoms. The number of carbonyl (C=O) groups is 1. The van der Waals surface area contributed by atoms with E-state index < -0.39 is 23.4 Å². The van der Waals surface area contributed by atoms with Crippen LogP contribution in [0.3, 0.4) is 0 Å². The van der Waals surface area contributed by atoms with Crippen molar-refractivity contribution in [1.82, 2.24) is 10.2 Å². The number of halogens is 2. The van der Waals surface area contributed by atoms with Gasteiger partial charge in [-0.15, -0.1) is 0 Å². The summed E-state index contributed by atoms with van der Waals surface area (Å²) in [6, 6.07) is 2.56. The first-order valence-electron chi connectivity index (χ1n) is 4.67. The van der Waals surface area contributed by atoms with E-state index in [2.05, 4.69) is 20.8 Å². The van der Waals surface area contributed by atoms with Gasteiger partial charge in [0.15, 0.2) is 0 Å². The van der Waals surface area contributed by atoms with E-state index in [0.717, 1.165) is 12.1 Å². The summed E-state index contributed by atoms with van der Waals surface area (Å²) in [5.74, 6) is -1.68. The van der Waals surface area contributed by atoms with Gasteiger partial charge in [0.25, 0.3) is 0 Å².